The van der Waals surface area contributed by atoms with E-state index in [1.807, 2.05) is 0 Å². The number of hydrogen-bond donors (Lipinski definition) is 1. The van der Waals surface area contributed by atoms with Crippen LogP contribution in [0, 0.1) is 0 Å². The van der Waals surface area contributed by atoms with Gasteiger partial charge in [0, 0.05) is 14.1 Å². The maximum absolute atomic E-state index is 11.7. The smallest absolute Gasteiger partial charge is 0.275 e. The Morgan fingerprint density at radius 3 is 2.75 bits per heavy atom. The summed E-state index contributed by atoms with van der Waals surface area (Å²) in [5, 5.41) is 2.63. The average Bonchev–Trinajstić information content (AvgIpc) is 2.27. The lowest BCUT2D eigenvalue weighted by Gasteiger charge is -2.26. The minimum atomic E-state index is -1.09. The first-order chi connectivity index (χ1) is 7.59. The monoisotopic (exact) mass is 220 g/mol. The average molecular weight is 220 g/mol. The molecule has 5 nitrogen and oxygen atoms in total. The summed E-state index contributed by atoms with van der Waals surface area (Å²) in [6.07, 6.45) is -1.09. The molecule has 0 fully saturated rings. The number of nitrogens with zero attached hydrogens (tertiary/aromatic N) is 1. The summed E-state index contributed by atoms with van der Waals surface area (Å²) in [6, 6.07) is 7.01. The van der Waals surface area contributed by atoms with Gasteiger partial charge in [-0.3, -0.25) is 9.59 Å². The summed E-state index contributed by atoms with van der Waals surface area (Å²) in [7, 11) is 3.17. The molecule has 2 rings (SSSR count). The van der Waals surface area contributed by atoms with Gasteiger partial charge in [0.25, 0.3) is 17.9 Å². The molecule has 2 amide bonds. The van der Waals surface area contributed by atoms with E-state index in [0.717, 1.165) is 0 Å². The van der Waals surface area contributed by atoms with Crippen molar-refractivity contribution < 1.29 is 14.3 Å². The highest BCUT2D eigenvalue weighted by atomic mass is 16.5. The maximum Gasteiger partial charge on any atom is 0.275 e. The summed E-state index contributed by atoms with van der Waals surface area (Å²) in [4.78, 5) is 24.6. The Hall–Kier alpha value is -2.04. The number of likely N-dealkylation sites (N-methyl/N-ethyl adjacent to an activating group) is 1. The fourth-order valence-corrected chi connectivity index (χ4v) is 1.45. The highest BCUT2D eigenvalue weighted by Crippen LogP contribution is 2.28. The van der Waals surface area contributed by atoms with E-state index in [1.54, 1.807) is 38.4 Å². The molecule has 16 heavy (non-hydrogen) atoms. The van der Waals surface area contributed by atoms with Crippen LogP contribution in [0.2, 0.25) is 0 Å². The van der Waals surface area contributed by atoms with E-state index in [0.29, 0.717) is 11.4 Å². The Morgan fingerprint density at radius 1 is 1.38 bits per heavy atom. The molecule has 0 saturated carbocycles. The van der Waals surface area contributed by atoms with Gasteiger partial charge in [-0.1, -0.05) is 12.1 Å². The third-order valence-electron chi connectivity index (χ3n) is 2.29. The summed E-state index contributed by atoms with van der Waals surface area (Å²) in [5.74, 6) is -0.285. The predicted octanol–water partition coefficient (Wildman–Crippen LogP) is 0.474. The first-order valence-electron chi connectivity index (χ1n) is 4.87. The van der Waals surface area contributed by atoms with Gasteiger partial charge in [-0.25, -0.2) is 0 Å². The SMILES string of the molecule is CN(C)C(=O)C1Oc2ccccc2NC1=O. The van der Waals surface area contributed by atoms with Crippen molar-refractivity contribution in [1.82, 2.24) is 4.90 Å². The molecule has 1 aromatic rings. The second kappa shape index (κ2) is 3.84. The Labute approximate surface area is 93.0 Å². The molecule has 1 N–H and O–H groups in total. The molecule has 1 aliphatic heterocycles. The largest absolute Gasteiger partial charge is 0.468 e. The number of amides is 2. The predicted molar refractivity (Wildman–Crippen MR) is 58.2 cm³/mol. The van der Waals surface area contributed by atoms with Crippen LogP contribution in [0.3, 0.4) is 0 Å². The van der Waals surface area contributed by atoms with Crippen LogP contribution in [0.4, 0.5) is 5.69 Å². The van der Waals surface area contributed by atoms with Gasteiger partial charge in [-0.05, 0) is 12.1 Å². The molecule has 0 aliphatic carbocycles. The number of carbonyl (C=O) groups is 2. The van der Waals surface area contributed by atoms with E-state index in [9.17, 15) is 9.59 Å². The number of fused-ring (bicyclic) bond motifs is 1. The lowest BCUT2D eigenvalue weighted by Crippen LogP contribution is -2.47. The number of nitrogens with one attached hydrogen (secondary N) is 1. The first kappa shape index (κ1) is 10.5. The van der Waals surface area contributed by atoms with E-state index in [2.05, 4.69) is 5.32 Å². The number of carbonyl (C=O) groups excluding carboxylic acids is 2. The minimum absolute atomic E-state index is 0.369. The fourth-order valence-electron chi connectivity index (χ4n) is 1.45. The van der Waals surface area contributed by atoms with E-state index in [-0.39, 0.29) is 5.91 Å². The molecule has 1 aromatic carbocycles. The lowest BCUT2D eigenvalue weighted by atomic mass is 10.2. The summed E-state index contributed by atoms with van der Waals surface area (Å²) in [6.45, 7) is 0. The molecule has 0 bridgehead atoms. The number of rotatable bonds is 1. The quantitative estimate of drug-likeness (QED) is 0.700. The van der Waals surface area contributed by atoms with Crippen molar-refractivity contribution in [2.45, 2.75) is 6.10 Å². The van der Waals surface area contributed by atoms with Crippen LogP contribution in [0.1, 0.15) is 0 Å². The molecule has 1 aliphatic rings. The minimum Gasteiger partial charge on any atom is -0.468 e. The van der Waals surface area contributed by atoms with E-state index < -0.39 is 12.0 Å². The molecule has 0 saturated heterocycles. The van der Waals surface area contributed by atoms with Crippen molar-refractivity contribution in [3.05, 3.63) is 24.3 Å². The van der Waals surface area contributed by atoms with Gasteiger partial charge in [0.05, 0.1) is 5.69 Å². The number of anilines is 1. The standard InChI is InChI=1S/C11H12N2O3/c1-13(2)11(15)9-10(14)12-7-5-3-4-6-8(7)16-9/h3-6,9H,1-2H3,(H,12,14). The number of hydrogen-bond acceptors (Lipinski definition) is 3. The van der Waals surface area contributed by atoms with Crippen LogP contribution in [-0.2, 0) is 9.59 Å². The lowest BCUT2D eigenvalue weighted by molar-refractivity contribution is -0.142. The van der Waals surface area contributed by atoms with Crippen molar-refractivity contribution in [3.63, 3.8) is 0 Å². The molecule has 1 heterocycles. The van der Waals surface area contributed by atoms with E-state index in [1.165, 1.54) is 4.90 Å². The van der Waals surface area contributed by atoms with Crippen LogP contribution >= 0.6 is 0 Å². The zero-order valence-corrected chi connectivity index (χ0v) is 9.06. The van der Waals surface area contributed by atoms with Crippen molar-refractivity contribution in [3.8, 4) is 5.75 Å². The third-order valence-corrected chi connectivity index (χ3v) is 2.29. The van der Waals surface area contributed by atoms with Crippen LogP contribution in [-0.4, -0.2) is 36.9 Å². The van der Waals surface area contributed by atoms with E-state index >= 15 is 0 Å². The van der Waals surface area contributed by atoms with Crippen LogP contribution in [0.15, 0.2) is 24.3 Å². The molecular weight excluding hydrogens is 208 g/mol. The summed E-state index contributed by atoms with van der Waals surface area (Å²) in [5.41, 5.74) is 0.593. The van der Waals surface area contributed by atoms with E-state index in [4.69, 9.17) is 4.74 Å². The fraction of sp³-hybridized carbons (Fsp3) is 0.273. The Morgan fingerprint density at radius 2 is 2.06 bits per heavy atom. The molecular formula is C11H12N2O3. The number of ether oxygens (including phenoxy) is 1. The molecule has 84 valence electrons. The van der Waals surface area contributed by atoms with Gasteiger partial charge >= 0.3 is 0 Å². The summed E-state index contributed by atoms with van der Waals surface area (Å²) >= 11 is 0. The normalized spacial score (nSPS) is 18.1. The van der Waals surface area contributed by atoms with Gasteiger partial charge in [-0.15, -0.1) is 0 Å². The second-order valence-corrected chi connectivity index (χ2v) is 3.72. The maximum atomic E-state index is 11.7. The summed E-state index contributed by atoms with van der Waals surface area (Å²) < 4.78 is 5.36. The van der Waals surface area contributed by atoms with Crippen LogP contribution in [0.5, 0.6) is 5.75 Å². The number of benzene rings is 1. The molecule has 1 unspecified atom stereocenters. The van der Waals surface area contributed by atoms with Crippen LogP contribution < -0.4 is 10.1 Å². The van der Waals surface area contributed by atoms with Crippen molar-refractivity contribution in [2.75, 3.05) is 19.4 Å². The zero-order valence-electron chi connectivity index (χ0n) is 9.06. The van der Waals surface area contributed by atoms with Gasteiger partial charge in [0.2, 0.25) is 0 Å². The Balaban J connectivity index is 2.28. The topological polar surface area (TPSA) is 58.6 Å². The third kappa shape index (κ3) is 1.71. The molecule has 1 atom stereocenters. The second-order valence-electron chi connectivity index (χ2n) is 3.72. The number of para-hydroxylation sites is 2. The highest BCUT2D eigenvalue weighted by molar-refractivity contribution is 6.11. The van der Waals surface area contributed by atoms with Gasteiger partial charge in [0.15, 0.2) is 0 Å². The van der Waals surface area contributed by atoms with Crippen molar-refractivity contribution in [2.24, 2.45) is 0 Å². The zero-order chi connectivity index (χ0) is 11.7. The van der Waals surface area contributed by atoms with Crippen molar-refractivity contribution >= 4 is 17.5 Å². The van der Waals surface area contributed by atoms with Crippen molar-refractivity contribution in [1.29, 1.82) is 0 Å². The Kier molecular flexibility index (Phi) is 2.52. The molecule has 0 spiro atoms. The van der Waals surface area contributed by atoms with Gasteiger partial charge in [0.1, 0.15) is 5.75 Å². The molecule has 0 radical (unpaired) electrons. The highest BCUT2D eigenvalue weighted by Gasteiger charge is 2.34. The van der Waals surface area contributed by atoms with Gasteiger partial charge < -0.3 is 15.0 Å². The van der Waals surface area contributed by atoms with Crippen LogP contribution in [0.25, 0.3) is 0 Å². The Bertz CT molecular complexity index is 443. The molecule has 0 aromatic heterocycles. The first-order valence-corrected chi connectivity index (χ1v) is 4.87. The van der Waals surface area contributed by atoms with Gasteiger partial charge in [-0.2, -0.15) is 0 Å². The molecule has 5 heteroatoms.